The maximum Gasteiger partial charge on any atom is 0.258 e. The zero-order valence-corrected chi connectivity index (χ0v) is 16.9. The summed E-state index contributed by atoms with van der Waals surface area (Å²) in [5.41, 5.74) is 2.57. The maximum absolute atomic E-state index is 13.0. The van der Waals surface area contributed by atoms with Crippen molar-refractivity contribution in [1.29, 1.82) is 0 Å². The third-order valence-electron chi connectivity index (χ3n) is 4.97. The Balaban J connectivity index is 1.69. The van der Waals surface area contributed by atoms with Crippen LogP contribution >= 0.6 is 23.2 Å². The summed E-state index contributed by atoms with van der Waals surface area (Å²) in [4.78, 5) is 24.4. The summed E-state index contributed by atoms with van der Waals surface area (Å²) in [6, 6.07) is 8.54. The molecule has 2 amide bonds. The molecule has 6 nitrogen and oxygen atoms in total. The van der Waals surface area contributed by atoms with Gasteiger partial charge in [0.15, 0.2) is 5.58 Å². The van der Waals surface area contributed by atoms with Gasteiger partial charge in [-0.2, -0.15) is 0 Å². The van der Waals surface area contributed by atoms with Gasteiger partial charge in [0.1, 0.15) is 12.4 Å². The highest BCUT2D eigenvalue weighted by Gasteiger charge is 2.23. The molecule has 1 aliphatic carbocycles. The molecular weight excluding hydrogens is 415 g/mol. The van der Waals surface area contributed by atoms with Crippen LogP contribution in [0.4, 0.5) is 11.4 Å². The van der Waals surface area contributed by atoms with E-state index < -0.39 is 18.4 Å². The first-order valence-corrected chi connectivity index (χ1v) is 9.98. The molecule has 1 aromatic heterocycles. The van der Waals surface area contributed by atoms with Crippen molar-refractivity contribution in [2.45, 2.75) is 25.7 Å². The van der Waals surface area contributed by atoms with E-state index in [1.165, 1.54) is 17.7 Å². The number of rotatable bonds is 4. The van der Waals surface area contributed by atoms with E-state index in [1.54, 1.807) is 6.07 Å². The Bertz CT molecular complexity index is 1120. The van der Waals surface area contributed by atoms with Gasteiger partial charge in [-0.05, 0) is 37.5 Å². The molecule has 0 fully saturated rings. The van der Waals surface area contributed by atoms with Gasteiger partial charge in [0, 0.05) is 17.4 Å². The number of carbonyl (C=O) groups excluding carboxylic acids is 2. The number of carbonyl (C=O) groups is 2. The quantitative estimate of drug-likeness (QED) is 0.551. The highest BCUT2D eigenvalue weighted by atomic mass is 35.5. The lowest BCUT2D eigenvalue weighted by molar-refractivity contribution is -0.118. The van der Waals surface area contributed by atoms with Crippen LogP contribution in [-0.4, -0.2) is 23.5 Å². The smallest absolute Gasteiger partial charge is 0.258 e. The summed E-state index contributed by atoms with van der Waals surface area (Å²) in [5, 5.41) is 15.3. The molecule has 2 aromatic carbocycles. The highest BCUT2D eigenvalue weighted by Crippen LogP contribution is 2.37. The van der Waals surface area contributed by atoms with Gasteiger partial charge in [0.05, 0.1) is 27.0 Å². The van der Waals surface area contributed by atoms with E-state index in [9.17, 15) is 9.59 Å². The van der Waals surface area contributed by atoms with Crippen LogP contribution in [0.1, 0.15) is 34.5 Å². The van der Waals surface area contributed by atoms with Crippen molar-refractivity contribution in [3.05, 3.63) is 57.3 Å². The molecule has 1 heterocycles. The molecule has 0 aliphatic heterocycles. The number of fused-ring (bicyclic) bond motifs is 3. The molecule has 0 saturated carbocycles. The van der Waals surface area contributed by atoms with E-state index in [0.29, 0.717) is 11.3 Å². The monoisotopic (exact) mass is 432 g/mol. The number of halogens is 2. The third kappa shape index (κ3) is 3.71. The zero-order valence-electron chi connectivity index (χ0n) is 15.4. The van der Waals surface area contributed by atoms with Crippen molar-refractivity contribution in [2.24, 2.45) is 0 Å². The molecular formula is C21H18Cl2N2O4. The Morgan fingerprint density at radius 1 is 1.03 bits per heavy atom. The molecule has 0 bridgehead atoms. The first kappa shape index (κ1) is 19.8. The first-order valence-electron chi connectivity index (χ1n) is 9.23. The van der Waals surface area contributed by atoms with Crippen LogP contribution in [0.3, 0.4) is 0 Å². The van der Waals surface area contributed by atoms with E-state index >= 15 is 0 Å². The van der Waals surface area contributed by atoms with E-state index in [4.69, 9.17) is 32.7 Å². The number of amides is 2. The minimum atomic E-state index is -0.703. The van der Waals surface area contributed by atoms with Crippen molar-refractivity contribution in [3.8, 4) is 0 Å². The predicted octanol–water partition coefficient (Wildman–Crippen LogP) is 4.80. The molecule has 0 radical (unpaired) electrons. The van der Waals surface area contributed by atoms with Crippen LogP contribution in [0, 0.1) is 0 Å². The predicted molar refractivity (Wildman–Crippen MR) is 113 cm³/mol. The fourth-order valence-electron chi connectivity index (χ4n) is 3.61. The standard InChI is InChI=1S/C21H18Cl2N2O4/c22-13-8-9-14(24-17(27)10-26)19(23)18(13)21(28)25-15-6-3-5-12-11-4-1-2-7-16(11)29-20(12)15/h3,5-6,8-9,26H,1-2,4,7,10H2,(H,24,27)(H,25,28). The molecule has 4 rings (SSSR count). The van der Waals surface area contributed by atoms with Gasteiger partial charge in [0.2, 0.25) is 5.91 Å². The topological polar surface area (TPSA) is 91.6 Å². The summed E-state index contributed by atoms with van der Waals surface area (Å²) < 4.78 is 6.04. The van der Waals surface area contributed by atoms with Crippen LogP contribution in [0.15, 0.2) is 34.7 Å². The fraction of sp³-hybridized carbons (Fsp3) is 0.238. The van der Waals surface area contributed by atoms with Crippen molar-refractivity contribution in [2.75, 3.05) is 17.2 Å². The number of para-hydroxylation sites is 1. The fourth-order valence-corrected chi connectivity index (χ4v) is 4.20. The van der Waals surface area contributed by atoms with Gasteiger partial charge < -0.3 is 20.2 Å². The number of aliphatic hydroxyl groups excluding tert-OH is 1. The Morgan fingerprint density at radius 2 is 1.83 bits per heavy atom. The molecule has 0 saturated heterocycles. The van der Waals surface area contributed by atoms with Crippen molar-refractivity contribution < 1.29 is 19.1 Å². The Kier molecular flexibility index (Phi) is 5.50. The number of aryl methyl sites for hydroxylation is 2. The summed E-state index contributed by atoms with van der Waals surface area (Å²) >= 11 is 12.5. The second-order valence-electron chi connectivity index (χ2n) is 6.84. The van der Waals surface area contributed by atoms with Crippen LogP contribution in [0.5, 0.6) is 0 Å². The number of aliphatic hydroxyl groups is 1. The lowest BCUT2D eigenvalue weighted by Gasteiger charge is -2.13. The minimum absolute atomic E-state index is 0.0114. The van der Waals surface area contributed by atoms with E-state index in [-0.39, 0.29) is 21.3 Å². The van der Waals surface area contributed by atoms with E-state index in [2.05, 4.69) is 10.6 Å². The molecule has 0 unspecified atom stereocenters. The average Bonchev–Trinajstić information content (AvgIpc) is 3.10. The van der Waals surface area contributed by atoms with Crippen molar-refractivity contribution in [3.63, 3.8) is 0 Å². The maximum atomic E-state index is 13.0. The minimum Gasteiger partial charge on any atom is -0.459 e. The molecule has 8 heteroatoms. The molecule has 0 atom stereocenters. The van der Waals surface area contributed by atoms with Gasteiger partial charge in [-0.15, -0.1) is 0 Å². The molecule has 150 valence electrons. The van der Waals surface area contributed by atoms with Gasteiger partial charge >= 0.3 is 0 Å². The number of hydrogen-bond acceptors (Lipinski definition) is 4. The van der Waals surface area contributed by atoms with Gasteiger partial charge in [-0.1, -0.05) is 35.3 Å². The number of benzene rings is 2. The summed E-state index contributed by atoms with van der Waals surface area (Å²) in [6.07, 6.45) is 4.06. The van der Waals surface area contributed by atoms with E-state index in [1.807, 2.05) is 12.1 Å². The van der Waals surface area contributed by atoms with Gasteiger partial charge in [-0.3, -0.25) is 9.59 Å². The van der Waals surface area contributed by atoms with Gasteiger partial charge in [0.25, 0.3) is 5.91 Å². The second-order valence-corrected chi connectivity index (χ2v) is 7.62. The Labute approximate surface area is 176 Å². The molecule has 0 spiro atoms. The lowest BCUT2D eigenvalue weighted by Crippen LogP contribution is -2.18. The second kappa shape index (κ2) is 8.06. The number of hydrogen-bond donors (Lipinski definition) is 3. The average molecular weight is 433 g/mol. The highest BCUT2D eigenvalue weighted by molar-refractivity contribution is 6.42. The molecule has 3 aromatic rings. The summed E-state index contributed by atoms with van der Waals surface area (Å²) in [7, 11) is 0. The SMILES string of the molecule is O=C(CO)Nc1ccc(Cl)c(C(=O)Nc2cccc3c4c(oc23)CCCC4)c1Cl. The van der Waals surface area contributed by atoms with Gasteiger partial charge in [-0.25, -0.2) is 0 Å². The van der Waals surface area contributed by atoms with Crippen LogP contribution in [0.2, 0.25) is 10.0 Å². The van der Waals surface area contributed by atoms with Crippen molar-refractivity contribution in [1.82, 2.24) is 0 Å². The Morgan fingerprint density at radius 3 is 2.62 bits per heavy atom. The first-order chi connectivity index (χ1) is 14.0. The van der Waals surface area contributed by atoms with Crippen LogP contribution < -0.4 is 10.6 Å². The number of furan rings is 1. The summed E-state index contributed by atoms with van der Waals surface area (Å²) in [5.74, 6) is -0.203. The Hall–Kier alpha value is -2.54. The number of anilines is 2. The molecule has 1 aliphatic rings. The van der Waals surface area contributed by atoms with Crippen LogP contribution in [-0.2, 0) is 17.6 Å². The van der Waals surface area contributed by atoms with Crippen LogP contribution in [0.25, 0.3) is 11.0 Å². The molecule has 3 N–H and O–H groups in total. The zero-order chi connectivity index (χ0) is 20.5. The normalized spacial score (nSPS) is 13.2. The lowest BCUT2D eigenvalue weighted by atomic mass is 9.96. The third-order valence-corrected chi connectivity index (χ3v) is 5.67. The molecule has 29 heavy (non-hydrogen) atoms. The number of nitrogens with one attached hydrogen (secondary N) is 2. The van der Waals surface area contributed by atoms with Crippen molar-refractivity contribution >= 4 is 57.4 Å². The van der Waals surface area contributed by atoms with E-state index in [0.717, 1.165) is 36.8 Å². The summed E-state index contributed by atoms with van der Waals surface area (Å²) in [6.45, 7) is -0.703. The largest absolute Gasteiger partial charge is 0.459 e.